The van der Waals surface area contributed by atoms with Crippen molar-refractivity contribution in [1.82, 2.24) is 15.3 Å². The number of likely N-dealkylation sites (N-methyl/N-ethyl adjacent to an activating group) is 1. The molecule has 12 nitrogen and oxygen atoms in total. The molecule has 1 aromatic heterocycles. The van der Waals surface area contributed by atoms with E-state index < -0.39 is 54.3 Å². The number of carbonyl (C=O) groups excluding carboxylic acids is 1. The number of aryl methyl sites for hydroxylation is 2. The molecule has 4 aliphatic carbocycles. The standard InChI is InChI=1S/C30H32FN3O3.C7H17NO5/c1-17-4-2-3-5-22(17)27-33-25(8-9-30-14-18-10-19(15-30)12-20(11-18)16-30)26(34-27)28(35)32-21-6-7-24(31)23(13-21)29(36)37;1-8-2-4(10)6(12)7(13)5(11)3-9/h2-7,13,18-20H,8-12,14-16H2,1H3,(H,32,35)(H,33,34)(H,36,37);4-13H,2-3H2,1H3/t;4-,5+,6+,7+/m.0/s1. The maximum Gasteiger partial charge on any atom is 0.338 e. The molecule has 0 radical (unpaired) electrons. The third-order valence-corrected chi connectivity index (χ3v) is 10.7. The quantitative estimate of drug-likeness (QED) is 0.127. The first-order valence-corrected chi connectivity index (χ1v) is 17.3. The minimum atomic E-state index is -1.55. The first-order valence-electron chi connectivity index (χ1n) is 17.3. The highest BCUT2D eigenvalue weighted by Crippen LogP contribution is 2.61. The molecule has 0 saturated heterocycles. The predicted octanol–water partition coefficient (Wildman–Crippen LogP) is 3.27. The molecule has 13 heteroatoms. The van der Waals surface area contributed by atoms with E-state index in [0.29, 0.717) is 16.9 Å². The Kier molecular flexibility index (Phi) is 12.1. The Balaban J connectivity index is 0.000000320. The second kappa shape index (κ2) is 16.1. The van der Waals surface area contributed by atoms with E-state index in [2.05, 4.69) is 15.6 Å². The van der Waals surface area contributed by atoms with Crippen LogP contribution in [0.15, 0.2) is 42.5 Å². The van der Waals surface area contributed by atoms with Crippen LogP contribution in [-0.4, -0.2) is 97.1 Å². The van der Waals surface area contributed by atoms with Gasteiger partial charge in [0.15, 0.2) is 0 Å². The van der Waals surface area contributed by atoms with Crippen LogP contribution in [0.25, 0.3) is 11.4 Å². The average Bonchev–Trinajstić information content (AvgIpc) is 3.51. The Morgan fingerprint density at radius 3 is 2.18 bits per heavy atom. The smallest absolute Gasteiger partial charge is 0.338 e. The number of aliphatic hydroxyl groups is 5. The summed E-state index contributed by atoms with van der Waals surface area (Å²) in [7, 11) is 1.57. The van der Waals surface area contributed by atoms with Crippen molar-refractivity contribution in [3.8, 4) is 11.4 Å². The number of halogens is 1. The zero-order chi connectivity index (χ0) is 36.2. The maximum atomic E-state index is 13.9. The van der Waals surface area contributed by atoms with Crippen molar-refractivity contribution >= 4 is 17.6 Å². The summed E-state index contributed by atoms with van der Waals surface area (Å²) in [5.74, 6) is 0.573. The number of rotatable bonds is 13. The molecule has 4 fully saturated rings. The fourth-order valence-electron chi connectivity index (χ4n) is 8.58. The highest BCUT2D eigenvalue weighted by Gasteiger charge is 2.50. The number of benzene rings is 2. The number of aliphatic hydroxyl groups excluding tert-OH is 5. The molecule has 4 atom stereocenters. The topological polar surface area (TPSA) is 208 Å². The summed E-state index contributed by atoms with van der Waals surface area (Å²) in [5.41, 5.74) is 3.20. The van der Waals surface area contributed by atoms with E-state index in [1.165, 1.54) is 44.6 Å². The number of carbonyl (C=O) groups is 2. The van der Waals surface area contributed by atoms with Crippen LogP contribution in [0.3, 0.4) is 0 Å². The number of aromatic nitrogens is 2. The highest BCUT2D eigenvalue weighted by atomic mass is 19.1. The van der Waals surface area contributed by atoms with E-state index in [1.807, 2.05) is 31.2 Å². The lowest BCUT2D eigenvalue weighted by molar-refractivity contribution is -0.113. The van der Waals surface area contributed by atoms with Gasteiger partial charge in [0.2, 0.25) is 0 Å². The lowest BCUT2D eigenvalue weighted by Crippen LogP contribution is -2.48. The number of carboxylic acid groups (broad SMARTS) is 1. The van der Waals surface area contributed by atoms with Crippen molar-refractivity contribution in [2.45, 2.75) is 82.7 Å². The summed E-state index contributed by atoms with van der Waals surface area (Å²) < 4.78 is 13.9. The van der Waals surface area contributed by atoms with Gasteiger partial charge in [-0.25, -0.2) is 14.2 Å². The summed E-state index contributed by atoms with van der Waals surface area (Å²) >= 11 is 0. The lowest BCUT2D eigenvalue weighted by Gasteiger charge is -2.57. The number of aromatic carboxylic acids is 1. The van der Waals surface area contributed by atoms with Crippen molar-refractivity contribution in [2.75, 3.05) is 25.5 Å². The molecule has 50 heavy (non-hydrogen) atoms. The Morgan fingerprint density at radius 1 is 0.980 bits per heavy atom. The Bertz CT molecular complexity index is 1610. The molecule has 7 rings (SSSR count). The van der Waals surface area contributed by atoms with Gasteiger partial charge in [0.1, 0.15) is 35.6 Å². The average molecular weight is 697 g/mol. The van der Waals surface area contributed by atoms with E-state index in [1.54, 1.807) is 7.05 Å². The van der Waals surface area contributed by atoms with Crippen molar-refractivity contribution in [2.24, 2.45) is 23.2 Å². The minimum Gasteiger partial charge on any atom is -0.478 e. The fraction of sp³-hybridized carbons (Fsp3) is 0.541. The number of imidazole rings is 1. The van der Waals surface area contributed by atoms with Gasteiger partial charge in [-0.15, -0.1) is 0 Å². The van der Waals surface area contributed by atoms with Gasteiger partial charge in [-0.3, -0.25) is 4.79 Å². The van der Waals surface area contributed by atoms with E-state index in [0.717, 1.165) is 59.5 Å². The van der Waals surface area contributed by atoms with E-state index in [-0.39, 0.29) is 12.2 Å². The van der Waals surface area contributed by atoms with Crippen molar-refractivity contribution in [3.05, 3.63) is 70.8 Å². The van der Waals surface area contributed by atoms with Gasteiger partial charge in [-0.05, 0) is 112 Å². The molecule has 4 saturated carbocycles. The highest BCUT2D eigenvalue weighted by molar-refractivity contribution is 6.04. The van der Waals surface area contributed by atoms with Gasteiger partial charge in [-0.1, -0.05) is 24.3 Å². The summed E-state index contributed by atoms with van der Waals surface area (Å²) in [6.07, 6.45) is 4.19. The molecule has 3 aromatic rings. The van der Waals surface area contributed by atoms with E-state index in [9.17, 15) is 24.2 Å². The number of hydrogen-bond acceptors (Lipinski definition) is 9. The van der Waals surface area contributed by atoms with Crippen LogP contribution >= 0.6 is 0 Å². The zero-order valence-corrected chi connectivity index (χ0v) is 28.5. The van der Waals surface area contributed by atoms with Crippen molar-refractivity contribution in [3.63, 3.8) is 0 Å². The fourth-order valence-corrected chi connectivity index (χ4v) is 8.58. The number of aromatic amines is 1. The van der Waals surface area contributed by atoms with Crippen molar-refractivity contribution < 1.29 is 44.6 Å². The van der Waals surface area contributed by atoms with Crippen LogP contribution in [0.2, 0.25) is 0 Å². The van der Waals surface area contributed by atoms with Gasteiger partial charge in [-0.2, -0.15) is 0 Å². The molecule has 0 unspecified atom stereocenters. The Hall–Kier alpha value is -3.72. The van der Waals surface area contributed by atoms with Crippen molar-refractivity contribution in [1.29, 1.82) is 0 Å². The van der Waals surface area contributed by atoms with Crippen LogP contribution in [0.5, 0.6) is 0 Å². The Morgan fingerprint density at radius 2 is 1.60 bits per heavy atom. The van der Waals surface area contributed by atoms with Crippen LogP contribution in [-0.2, 0) is 6.42 Å². The molecular weight excluding hydrogens is 647 g/mol. The van der Waals surface area contributed by atoms with Gasteiger partial charge in [0.05, 0.1) is 18.3 Å². The third kappa shape index (κ3) is 8.59. The summed E-state index contributed by atoms with van der Waals surface area (Å²) in [6, 6.07) is 11.5. The number of nitrogens with zero attached hydrogens (tertiary/aromatic N) is 1. The molecule has 4 aliphatic rings. The molecule has 0 aliphatic heterocycles. The molecule has 9 N–H and O–H groups in total. The largest absolute Gasteiger partial charge is 0.478 e. The normalized spacial score (nSPS) is 24.5. The van der Waals surface area contributed by atoms with Gasteiger partial charge in [0, 0.05) is 23.5 Å². The monoisotopic (exact) mass is 696 g/mol. The number of amides is 1. The molecule has 2 aromatic carbocycles. The third-order valence-electron chi connectivity index (χ3n) is 10.7. The van der Waals surface area contributed by atoms with Crippen LogP contribution in [0.1, 0.15) is 77.0 Å². The summed E-state index contributed by atoms with van der Waals surface area (Å²) in [4.78, 5) is 32.9. The van der Waals surface area contributed by atoms with Gasteiger partial charge >= 0.3 is 5.97 Å². The first kappa shape index (κ1) is 37.5. The number of hydrogen-bond donors (Lipinski definition) is 9. The molecule has 1 heterocycles. The van der Waals surface area contributed by atoms with E-state index >= 15 is 0 Å². The van der Waals surface area contributed by atoms with E-state index in [4.69, 9.17) is 25.4 Å². The number of nitrogens with one attached hydrogen (secondary N) is 3. The number of carboxylic acids is 1. The SMILES string of the molecule is CNC[C@H](O)[C@@H](O)[C@H](O)[C@H](O)CO.Cc1ccccc1-c1nc(C(=O)Nc2ccc(F)c(C(=O)O)c2)c(CCC23CC4CC(CC(C4)C2)C3)[nH]1. The molecule has 1 amide bonds. The first-order chi connectivity index (χ1) is 23.8. The minimum absolute atomic E-state index is 0.0936. The summed E-state index contributed by atoms with van der Waals surface area (Å²) in [6.45, 7) is 1.44. The summed E-state index contributed by atoms with van der Waals surface area (Å²) in [5, 5.41) is 59.5. The zero-order valence-electron chi connectivity index (χ0n) is 28.5. The van der Waals surface area contributed by atoms with Crippen LogP contribution < -0.4 is 10.6 Å². The predicted molar refractivity (Wildman–Crippen MR) is 184 cm³/mol. The number of H-pyrrole nitrogens is 1. The van der Waals surface area contributed by atoms with Gasteiger partial charge < -0.3 is 46.3 Å². The molecule has 4 bridgehead atoms. The van der Waals surface area contributed by atoms with Crippen LogP contribution in [0.4, 0.5) is 10.1 Å². The molecule has 0 spiro atoms. The Labute approximate surface area is 290 Å². The number of anilines is 1. The second-order valence-electron chi connectivity index (χ2n) is 14.5. The molecule has 272 valence electrons. The molecular formula is C37H49FN4O8. The maximum absolute atomic E-state index is 13.9. The van der Waals surface area contributed by atoms with Crippen LogP contribution in [0, 0.1) is 35.9 Å². The second-order valence-corrected chi connectivity index (χ2v) is 14.5. The van der Waals surface area contributed by atoms with Gasteiger partial charge in [0.25, 0.3) is 5.91 Å². The lowest BCUT2D eigenvalue weighted by atomic mass is 9.48.